The topological polar surface area (TPSA) is 80.1 Å². The molecule has 1 aromatic heterocycles. The summed E-state index contributed by atoms with van der Waals surface area (Å²) in [5, 5.41) is 16.8. The highest BCUT2D eigenvalue weighted by atomic mass is 32.2. The first-order valence-corrected chi connectivity index (χ1v) is 7.11. The summed E-state index contributed by atoms with van der Waals surface area (Å²) in [5.41, 5.74) is 0.864. The molecule has 7 heteroatoms. The molecule has 0 radical (unpaired) electrons. The van der Waals surface area contributed by atoms with Gasteiger partial charge in [-0.25, -0.2) is 4.98 Å². The summed E-state index contributed by atoms with van der Waals surface area (Å²) < 4.78 is 0. The van der Waals surface area contributed by atoms with E-state index in [0.717, 1.165) is 10.6 Å². The molecule has 0 aliphatic heterocycles. The Morgan fingerprint density at radius 2 is 1.95 bits per heavy atom. The minimum Gasteiger partial charge on any atom is -0.373 e. The molecule has 0 saturated heterocycles. The van der Waals surface area contributed by atoms with Gasteiger partial charge < -0.3 is 10.6 Å². The highest BCUT2D eigenvalue weighted by Gasteiger charge is 2.11. The van der Waals surface area contributed by atoms with E-state index >= 15 is 0 Å². The van der Waals surface area contributed by atoms with Gasteiger partial charge in [-0.1, -0.05) is 12.1 Å². The second-order valence-corrected chi connectivity index (χ2v) is 4.78. The summed E-state index contributed by atoms with van der Waals surface area (Å²) in [6.07, 6.45) is 1.97. The average molecular weight is 290 g/mol. The van der Waals surface area contributed by atoms with E-state index in [9.17, 15) is 10.1 Å². The minimum atomic E-state index is -0.436. The van der Waals surface area contributed by atoms with E-state index in [1.54, 1.807) is 18.8 Å². The number of benzene rings is 1. The molecule has 0 unspecified atom stereocenters. The van der Waals surface area contributed by atoms with Crippen LogP contribution in [0.15, 0.2) is 41.3 Å². The molecule has 0 fully saturated rings. The fourth-order valence-corrected chi connectivity index (χ4v) is 2.25. The summed E-state index contributed by atoms with van der Waals surface area (Å²) in [7, 11) is 1.67. The van der Waals surface area contributed by atoms with Crippen molar-refractivity contribution < 1.29 is 4.92 Å². The molecule has 1 heterocycles. The van der Waals surface area contributed by atoms with Crippen molar-refractivity contribution in [1.82, 2.24) is 4.98 Å². The van der Waals surface area contributed by atoms with Crippen LogP contribution in [-0.2, 0) is 0 Å². The second kappa shape index (κ2) is 6.25. The standard InChI is InChI=1S/C13H14N4O2S/c1-14-12-7-9(17(18)19)8-13(16-12)15-10-5-3-4-6-11(10)20-2/h3-8H,1-2H3,(H2,14,15,16). The molecule has 0 aliphatic carbocycles. The molecule has 0 aliphatic rings. The van der Waals surface area contributed by atoms with Crippen LogP contribution in [-0.4, -0.2) is 23.2 Å². The molecular weight excluding hydrogens is 276 g/mol. The van der Waals surface area contributed by atoms with Gasteiger partial charge >= 0.3 is 0 Å². The Morgan fingerprint density at radius 1 is 1.25 bits per heavy atom. The van der Waals surface area contributed by atoms with Crippen LogP contribution in [0.1, 0.15) is 0 Å². The number of hydrogen-bond donors (Lipinski definition) is 2. The van der Waals surface area contributed by atoms with E-state index in [4.69, 9.17) is 0 Å². The lowest BCUT2D eigenvalue weighted by Gasteiger charge is -2.10. The predicted octanol–water partition coefficient (Wildman–Crippen LogP) is 3.50. The Hall–Kier alpha value is -2.28. The zero-order chi connectivity index (χ0) is 14.5. The number of nitrogens with zero attached hydrogens (tertiary/aromatic N) is 2. The largest absolute Gasteiger partial charge is 0.373 e. The number of anilines is 3. The lowest BCUT2D eigenvalue weighted by atomic mass is 10.3. The van der Waals surface area contributed by atoms with Gasteiger partial charge in [-0.15, -0.1) is 11.8 Å². The number of nitro groups is 1. The van der Waals surface area contributed by atoms with E-state index in [1.165, 1.54) is 12.1 Å². The zero-order valence-corrected chi connectivity index (χ0v) is 11.9. The molecule has 2 rings (SSSR count). The van der Waals surface area contributed by atoms with Crippen LogP contribution in [0.4, 0.5) is 23.0 Å². The van der Waals surface area contributed by atoms with E-state index in [2.05, 4.69) is 15.6 Å². The summed E-state index contributed by atoms with van der Waals surface area (Å²) in [6, 6.07) is 10.5. The van der Waals surface area contributed by atoms with Crippen molar-refractivity contribution in [3.63, 3.8) is 0 Å². The number of para-hydroxylation sites is 1. The summed E-state index contributed by atoms with van der Waals surface area (Å²) in [5.74, 6) is 0.883. The second-order valence-electron chi connectivity index (χ2n) is 3.93. The number of rotatable bonds is 5. The van der Waals surface area contributed by atoms with Gasteiger partial charge in [0.15, 0.2) is 0 Å². The van der Waals surface area contributed by atoms with Crippen molar-refractivity contribution >= 4 is 34.8 Å². The molecule has 0 bridgehead atoms. The van der Waals surface area contributed by atoms with E-state index < -0.39 is 4.92 Å². The molecule has 0 spiro atoms. The van der Waals surface area contributed by atoms with Crippen LogP contribution in [0.25, 0.3) is 0 Å². The van der Waals surface area contributed by atoms with E-state index in [1.807, 2.05) is 30.5 Å². The minimum absolute atomic E-state index is 0.00603. The van der Waals surface area contributed by atoms with Crippen LogP contribution in [0, 0.1) is 10.1 Å². The Labute approximate surface area is 120 Å². The highest BCUT2D eigenvalue weighted by Crippen LogP contribution is 2.29. The summed E-state index contributed by atoms with van der Waals surface area (Å²) in [6.45, 7) is 0. The third-order valence-corrected chi connectivity index (χ3v) is 3.44. The number of thioether (sulfide) groups is 1. The molecule has 2 aromatic rings. The molecule has 0 atom stereocenters. The predicted molar refractivity (Wildman–Crippen MR) is 81.9 cm³/mol. The number of hydrogen-bond acceptors (Lipinski definition) is 6. The molecule has 2 N–H and O–H groups in total. The van der Waals surface area contributed by atoms with Crippen molar-refractivity contribution in [2.24, 2.45) is 0 Å². The maximum Gasteiger partial charge on any atom is 0.276 e. The van der Waals surface area contributed by atoms with Gasteiger partial charge in [0.2, 0.25) is 0 Å². The third kappa shape index (κ3) is 3.18. The SMILES string of the molecule is CNc1cc([N+](=O)[O-])cc(Nc2ccccc2SC)n1. The van der Waals surface area contributed by atoms with Crippen LogP contribution >= 0.6 is 11.8 Å². The van der Waals surface area contributed by atoms with Crippen molar-refractivity contribution in [2.45, 2.75) is 4.90 Å². The third-order valence-electron chi connectivity index (χ3n) is 2.65. The van der Waals surface area contributed by atoms with Gasteiger partial charge in [0.05, 0.1) is 22.7 Å². The van der Waals surface area contributed by atoms with E-state index in [-0.39, 0.29) is 5.69 Å². The first-order chi connectivity index (χ1) is 9.63. The van der Waals surface area contributed by atoms with Gasteiger partial charge in [0, 0.05) is 11.9 Å². The first kappa shape index (κ1) is 14.1. The fraction of sp³-hybridized carbons (Fsp3) is 0.154. The number of nitrogens with one attached hydrogen (secondary N) is 2. The van der Waals surface area contributed by atoms with Gasteiger partial charge in [-0.05, 0) is 18.4 Å². The van der Waals surface area contributed by atoms with Crippen molar-refractivity contribution in [1.29, 1.82) is 0 Å². The molecule has 1 aromatic carbocycles. The fourth-order valence-electron chi connectivity index (χ4n) is 1.70. The van der Waals surface area contributed by atoms with Crippen molar-refractivity contribution in [2.75, 3.05) is 23.9 Å². The highest BCUT2D eigenvalue weighted by molar-refractivity contribution is 7.98. The van der Waals surface area contributed by atoms with Gasteiger partial charge in [-0.3, -0.25) is 10.1 Å². The number of aromatic nitrogens is 1. The van der Waals surface area contributed by atoms with Gasteiger partial charge in [-0.2, -0.15) is 0 Å². The average Bonchev–Trinajstić information content (AvgIpc) is 2.47. The molecule has 20 heavy (non-hydrogen) atoms. The monoisotopic (exact) mass is 290 g/mol. The van der Waals surface area contributed by atoms with Crippen molar-refractivity contribution in [3.8, 4) is 0 Å². The normalized spacial score (nSPS) is 10.1. The molecule has 0 saturated carbocycles. The lowest BCUT2D eigenvalue weighted by molar-refractivity contribution is -0.384. The zero-order valence-electron chi connectivity index (χ0n) is 11.1. The van der Waals surface area contributed by atoms with Gasteiger partial charge in [0.25, 0.3) is 5.69 Å². The van der Waals surface area contributed by atoms with Gasteiger partial charge in [0.1, 0.15) is 11.6 Å². The maximum atomic E-state index is 10.9. The van der Waals surface area contributed by atoms with Crippen LogP contribution in [0.3, 0.4) is 0 Å². The summed E-state index contributed by atoms with van der Waals surface area (Å²) in [4.78, 5) is 15.8. The molecular formula is C13H14N4O2S. The first-order valence-electron chi connectivity index (χ1n) is 5.88. The van der Waals surface area contributed by atoms with Crippen molar-refractivity contribution in [3.05, 3.63) is 46.5 Å². The quantitative estimate of drug-likeness (QED) is 0.498. The Morgan fingerprint density at radius 3 is 2.60 bits per heavy atom. The van der Waals surface area contributed by atoms with E-state index in [0.29, 0.717) is 11.6 Å². The van der Waals surface area contributed by atoms with Crippen LogP contribution < -0.4 is 10.6 Å². The molecule has 0 amide bonds. The lowest BCUT2D eigenvalue weighted by Crippen LogP contribution is -2.01. The summed E-state index contributed by atoms with van der Waals surface area (Å²) >= 11 is 1.60. The Kier molecular flexibility index (Phi) is 4.41. The molecule has 104 valence electrons. The Bertz CT molecular complexity index is 634. The maximum absolute atomic E-state index is 10.9. The Balaban J connectivity index is 2.37. The smallest absolute Gasteiger partial charge is 0.276 e. The molecule has 6 nitrogen and oxygen atoms in total. The van der Waals surface area contributed by atoms with Crippen LogP contribution in [0.5, 0.6) is 0 Å². The van der Waals surface area contributed by atoms with Crippen LogP contribution in [0.2, 0.25) is 0 Å². The number of pyridine rings is 1.